The lowest BCUT2D eigenvalue weighted by atomic mass is 10.2. The molecule has 1 heterocycles. The number of piperazine rings is 1. The summed E-state index contributed by atoms with van der Waals surface area (Å²) in [5.41, 5.74) is 0. The number of carbonyl (C=O) groups is 1. The van der Waals surface area contributed by atoms with E-state index in [1.807, 2.05) is 4.90 Å². The molecule has 0 aliphatic carbocycles. The van der Waals surface area contributed by atoms with Crippen LogP contribution >= 0.6 is 0 Å². The van der Waals surface area contributed by atoms with E-state index in [4.69, 9.17) is 5.11 Å². The van der Waals surface area contributed by atoms with Crippen LogP contribution in [0.1, 0.15) is 6.92 Å². The van der Waals surface area contributed by atoms with Crippen molar-refractivity contribution in [1.29, 1.82) is 0 Å². The Hall–Kier alpha value is -0.610. The maximum atomic E-state index is 10.4. The van der Waals surface area contributed by atoms with Crippen LogP contribution in [0.15, 0.2) is 0 Å². The van der Waals surface area contributed by atoms with Gasteiger partial charge in [0.2, 0.25) is 0 Å². The van der Waals surface area contributed by atoms with Crippen LogP contribution in [-0.2, 0) is 4.79 Å². The number of carboxylic acids is 1. The zero-order valence-electron chi connectivity index (χ0n) is 7.66. The second-order valence-corrected chi connectivity index (χ2v) is 3.46. The third-order valence-electron chi connectivity index (χ3n) is 2.40. The lowest BCUT2D eigenvalue weighted by Crippen LogP contribution is -2.51. The fourth-order valence-corrected chi connectivity index (χ4v) is 1.46. The molecule has 70 valence electrons. The molecule has 1 atom stereocenters. The molecule has 1 aliphatic rings. The van der Waals surface area contributed by atoms with Crippen molar-refractivity contribution in [3.63, 3.8) is 0 Å². The SMILES string of the molecule is C[C@H]1CN(CC(=O)O)CCN1C. The van der Waals surface area contributed by atoms with Gasteiger partial charge in [0, 0.05) is 25.7 Å². The van der Waals surface area contributed by atoms with Crippen molar-refractivity contribution in [3.05, 3.63) is 0 Å². The average Bonchev–Trinajstić information content (AvgIpc) is 1.96. The van der Waals surface area contributed by atoms with Crippen molar-refractivity contribution in [1.82, 2.24) is 9.80 Å². The number of hydrogen-bond acceptors (Lipinski definition) is 3. The lowest BCUT2D eigenvalue weighted by Gasteiger charge is -2.36. The fourth-order valence-electron chi connectivity index (χ4n) is 1.46. The Balaban J connectivity index is 2.35. The third kappa shape index (κ3) is 2.46. The van der Waals surface area contributed by atoms with E-state index in [1.54, 1.807) is 0 Å². The fraction of sp³-hybridized carbons (Fsp3) is 0.875. The van der Waals surface area contributed by atoms with Gasteiger partial charge in [-0.1, -0.05) is 0 Å². The van der Waals surface area contributed by atoms with Crippen molar-refractivity contribution in [2.24, 2.45) is 0 Å². The first-order valence-electron chi connectivity index (χ1n) is 4.24. The van der Waals surface area contributed by atoms with Gasteiger partial charge in [0.15, 0.2) is 0 Å². The van der Waals surface area contributed by atoms with Gasteiger partial charge in [-0.25, -0.2) is 0 Å². The zero-order valence-corrected chi connectivity index (χ0v) is 7.66. The Morgan fingerprint density at radius 3 is 2.75 bits per heavy atom. The highest BCUT2D eigenvalue weighted by Crippen LogP contribution is 2.05. The number of aliphatic carboxylic acids is 1. The van der Waals surface area contributed by atoms with Crippen molar-refractivity contribution >= 4 is 5.97 Å². The first kappa shape index (κ1) is 9.48. The molecular formula is C8H16N2O2. The number of nitrogens with zero attached hydrogens (tertiary/aromatic N) is 2. The zero-order chi connectivity index (χ0) is 9.14. The van der Waals surface area contributed by atoms with Crippen LogP contribution < -0.4 is 0 Å². The molecule has 1 aliphatic heterocycles. The molecule has 0 aromatic rings. The van der Waals surface area contributed by atoms with Gasteiger partial charge in [-0.3, -0.25) is 9.69 Å². The van der Waals surface area contributed by atoms with E-state index >= 15 is 0 Å². The molecule has 0 spiro atoms. The van der Waals surface area contributed by atoms with Gasteiger partial charge in [-0.2, -0.15) is 0 Å². The molecule has 0 saturated carbocycles. The summed E-state index contributed by atoms with van der Waals surface area (Å²) < 4.78 is 0. The molecule has 1 rings (SSSR count). The van der Waals surface area contributed by atoms with Gasteiger partial charge in [-0.05, 0) is 14.0 Å². The first-order chi connectivity index (χ1) is 5.59. The minimum atomic E-state index is -0.730. The van der Waals surface area contributed by atoms with Crippen LogP contribution in [0.25, 0.3) is 0 Å². The minimum Gasteiger partial charge on any atom is -0.480 e. The normalized spacial score (nSPS) is 27.3. The summed E-state index contributed by atoms with van der Waals surface area (Å²) in [6.07, 6.45) is 0. The molecule has 0 aromatic heterocycles. The van der Waals surface area contributed by atoms with Crippen LogP contribution in [0.5, 0.6) is 0 Å². The summed E-state index contributed by atoms with van der Waals surface area (Å²) in [5.74, 6) is -0.730. The topological polar surface area (TPSA) is 43.8 Å². The Bertz CT molecular complexity index is 172. The van der Waals surface area contributed by atoms with Crippen LogP contribution in [0.4, 0.5) is 0 Å². The summed E-state index contributed by atoms with van der Waals surface area (Å²) in [7, 11) is 2.07. The van der Waals surface area contributed by atoms with Gasteiger partial charge >= 0.3 is 5.97 Å². The summed E-state index contributed by atoms with van der Waals surface area (Å²) in [6, 6.07) is 0.470. The van der Waals surface area contributed by atoms with E-state index in [-0.39, 0.29) is 6.54 Å². The Morgan fingerprint density at radius 1 is 1.58 bits per heavy atom. The smallest absolute Gasteiger partial charge is 0.317 e. The number of hydrogen-bond donors (Lipinski definition) is 1. The van der Waals surface area contributed by atoms with Crippen LogP contribution in [0.3, 0.4) is 0 Å². The van der Waals surface area contributed by atoms with E-state index in [9.17, 15) is 4.79 Å². The van der Waals surface area contributed by atoms with Crippen molar-refractivity contribution in [3.8, 4) is 0 Å². The van der Waals surface area contributed by atoms with Crippen molar-refractivity contribution in [2.45, 2.75) is 13.0 Å². The molecule has 1 N–H and O–H groups in total. The van der Waals surface area contributed by atoms with E-state index in [0.29, 0.717) is 6.04 Å². The van der Waals surface area contributed by atoms with Gasteiger partial charge in [-0.15, -0.1) is 0 Å². The minimum absolute atomic E-state index is 0.179. The number of likely N-dealkylation sites (N-methyl/N-ethyl adjacent to an activating group) is 1. The van der Waals surface area contributed by atoms with Gasteiger partial charge in [0.1, 0.15) is 0 Å². The Kier molecular flexibility index (Phi) is 3.05. The second kappa shape index (κ2) is 3.87. The molecule has 4 nitrogen and oxygen atoms in total. The highest BCUT2D eigenvalue weighted by atomic mass is 16.4. The molecule has 0 radical (unpaired) electrons. The Morgan fingerprint density at radius 2 is 2.25 bits per heavy atom. The predicted octanol–water partition coefficient (Wildman–Crippen LogP) is -0.293. The lowest BCUT2D eigenvalue weighted by molar-refractivity contribution is -0.138. The second-order valence-electron chi connectivity index (χ2n) is 3.46. The number of carboxylic acid groups (broad SMARTS) is 1. The summed E-state index contributed by atoms with van der Waals surface area (Å²) >= 11 is 0. The van der Waals surface area contributed by atoms with E-state index < -0.39 is 5.97 Å². The monoisotopic (exact) mass is 172 g/mol. The van der Waals surface area contributed by atoms with Gasteiger partial charge < -0.3 is 10.0 Å². The summed E-state index contributed by atoms with van der Waals surface area (Å²) in [6.45, 7) is 5.00. The van der Waals surface area contributed by atoms with E-state index in [1.165, 1.54) is 0 Å². The molecule has 0 aromatic carbocycles. The largest absolute Gasteiger partial charge is 0.480 e. The number of rotatable bonds is 2. The molecular weight excluding hydrogens is 156 g/mol. The summed E-state index contributed by atoms with van der Waals surface area (Å²) in [4.78, 5) is 14.6. The summed E-state index contributed by atoms with van der Waals surface area (Å²) in [5, 5.41) is 8.56. The molecule has 12 heavy (non-hydrogen) atoms. The van der Waals surface area contributed by atoms with E-state index in [2.05, 4.69) is 18.9 Å². The van der Waals surface area contributed by atoms with Crippen LogP contribution in [-0.4, -0.2) is 60.1 Å². The van der Waals surface area contributed by atoms with Crippen molar-refractivity contribution in [2.75, 3.05) is 33.2 Å². The predicted molar refractivity (Wildman–Crippen MR) is 46.2 cm³/mol. The average molecular weight is 172 g/mol. The standard InChI is InChI=1S/C8H16N2O2/c1-7-5-10(6-8(11)12)4-3-9(7)2/h7H,3-6H2,1-2H3,(H,11,12)/t7-/m0/s1. The third-order valence-corrected chi connectivity index (χ3v) is 2.40. The molecule has 1 saturated heterocycles. The van der Waals surface area contributed by atoms with Crippen LogP contribution in [0, 0.1) is 0 Å². The van der Waals surface area contributed by atoms with E-state index in [0.717, 1.165) is 19.6 Å². The molecule has 0 unspecified atom stereocenters. The highest BCUT2D eigenvalue weighted by Gasteiger charge is 2.21. The molecule has 1 fully saturated rings. The Labute approximate surface area is 72.8 Å². The maximum absolute atomic E-state index is 10.4. The highest BCUT2D eigenvalue weighted by molar-refractivity contribution is 5.69. The van der Waals surface area contributed by atoms with Gasteiger partial charge in [0.05, 0.1) is 6.54 Å². The maximum Gasteiger partial charge on any atom is 0.317 e. The molecule has 0 amide bonds. The van der Waals surface area contributed by atoms with Gasteiger partial charge in [0.25, 0.3) is 0 Å². The first-order valence-corrected chi connectivity index (χ1v) is 4.24. The molecule has 0 bridgehead atoms. The molecule has 4 heteroatoms. The van der Waals surface area contributed by atoms with Crippen LogP contribution in [0.2, 0.25) is 0 Å². The quantitative estimate of drug-likeness (QED) is 0.621. The van der Waals surface area contributed by atoms with Crippen molar-refractivity contribution < 1.29 is 9.90 Å².